The second kappa shape index (κ2) is 13.5. The van der Waals surface area contributed by atoms with E-state index < -0.39 is 29.3 Å². The van der Waals surface area contributed by atoms with Crippen molar-refractivity contribution in [2.24, 2.45) is 22.7 Å². The lowest BCUT2D eigenvalue weighted by atomic mass is 9.43. The van der Waals surface area contributed by atoms with Crippen LogP contribution in [0.25, 0.3) is 0 Å². The Morgan fingerprint density at radius 3 is 2.22 bits per heavy atom. The van der Waals surface area contributed by atoms with Gasteiger partial charge in [0.25, 0.3) is 0 Å². The minimum atomic E-state index is -0.683. The Bertz CT molecular complexity index is 1530. The van der Waals surface area contributed by atoms with Crippen LogP contribution in [0.5, 0.6) is 5.75 Å². The van der Waals surface area contributed by atoms with Gasteiger partial charge < -0.3 is 28.4 Å². The Morgan fingerprint density at radius 2 is 1.61 bits per heavy atom. The van der Waals surface area contributed by atoms with Crippen molar-refractivity contribution in [3.05, 3.63) is 28.8 Å². The average Bonchev–Trinajstić information content (AvgIpc) is 3.47. The fourth-order valence-electron chi connectivity index (χ4n) is 9.12. The molecule has 1 aromatic rings. The van der Waals surface area contributed by atoms with E-state index in [2.05, 4.69) is 34.6 Å². The van der Waals surface area contributed by atoms with E-state index in [9.17, 15) is 14.4 Å². The number of aryl methyl sites for hydroxylation is 1. The molecular weight excluding hydrogens is 667 g/mol. The third kappa shape index (κ3) is 7.79. The molecule has 3 saturated carbocycles. The van der Waals surface area contributed by atoms with E-state index in [1.165, 1.54) is 6.42 Å². The van der Waals surface area contributed by atoms with Crippen molar-refractivity contribution in [1.29, 1.82) is 0 Å². The third-order valence-corrected chi connectivity index (χ3v) is 11.9. The van der Waals surface area contributed by atoms with Crippen molar-refractivity contribution in [2.75, 3.05) is 19.6 Å². The molecule has 1 aromatic carbocycles. The molecule has 3 aliphatic heterocycles. The van der Waals surface area contributed by atoms with Crippen molar-refractivity contribution in [3.63, 3.8) is 0 Å². The average molecular weight is 729 g/mol. The molecule has 0 N–H and O–H groups in total. The minimum absolute atomic E-state index is 0. The number of benzene rings is 1. The summed E-state index contributed by atoms with van der Waals surface area (Å²) in [5.41, 5.74) is 0.738. The first-order valence-electron chi connectivity index (χ1n) is 18.6. The lowest BCUT2D eigenvalue weighted by molar-refractivity contribution is -0.199. The molecular formula is C39H61BN2O8S. The molecule has 6 fully saturated rings. The van der Waals surface area contributed by atoms with E-state index in [1.54, 1.807) is 9.80 Å². The zero-order valence-corrected chi connectivity index (χ0v) is 33.9. The summed E-state index contributed by atoms with van der Waals surface area (Å²) < 4.78 is 31.1. The number of hydrogen-bond acceptors (Lipinski definition) is 8. The largest absolute Gasteiger partial charge is 0.486 e. The van der Waals surface area contributed by atoms with Crippen molar-refractivity contribution < 1.29 is 37.9 Å². The second-order valence-corrected chi connectivity index (χ2v) is 19.1. The van der Waals surface area contributed by atoms with Crippen LogP contribution in [-0.4, -0.2) is 89.6 Å². The summed E-state index contributed by atoms with van der Waals surface area (Å²) in [6.07, 6.45) is 3.57. The minimum Gasteiger partial charge on any atom is -0.486 e. The Balaban J connectivity index is 0.00000504. The highest BCUT2D eigenvalue weighted by Crippen LogP contribution is 2.65. The summed E-state index contributed by atoms with van der Waals surface area (Å²) in [4.78, 5) is 43.7. The number of esters is 1. The summed E-state index contributed by atoms with van der Waals surface area (Å²) in [6.45, 7) is 25.2. The van der Waals surface area contributed by atoms with Crippen LogP contribution in [-0.2, 0) is 30.0 Å². The Morgan fingerprint density at radius 1 is 0.961 bits per heavy atom. The SMILES string of the molecule is Cc1c(CCB2O[C@@H]3C[C@@H]4C[C@@H](C4(C)C)[C@]3(C)O2)ccc(OC2CN(C(=O)[C@@H]3CC(C)(C)CN3C(=O)OC(C)(C)C)C2)c1C(=O)OC(C)(C)C.S. The van der Waals surface area contributed by atoms with Crippen molar-refractivity contribution in [2.45, 2.75) is 150 Å². The number of nitrogens with zero attached hydrogens (tertiary/aromatic N) is 2. The van der Waals surface area contributed by atoms with Crippen LogP contribution in [0.15, 0.2) is 12.1 Å². The maximum Gasteiger partial charge on any atom is 0.457 e. The molecule has 284 valence electrons. The van der Waals surface area contributed by atoms with Crippen LogP contribution in [0.4, 0.5) is 4.79 Å². The molecule has 2 bridgehead atoms. The van der Waals surface area contributed by atoms with Gasteiger partial charge >= 0.3 is 19.2 Å². The third-order valence-electron chi connectivity index (χ3n) is 11.9. The van der Waals surface area contributed by atoms with Crippen LogP contribution in [0.3, 0.4) is 0 Å². The van der Waals surface area contributed by atoms with Gasteiger partial charge in [-0.05, 0) is 127 Å². The predicted octanol–water partition coefficient (Wildman–Crippen LogP) is 6.96. The van der Waals surface area contributed by atoms with Crippen LogP contribution in [0.2, 0.25) is 6.32 Å². The topological polar surface area (TPSA) is 104 Å². The van der Waals surface area contributed by atoms with Crippen LogP contribution in [0, 0.1) is 29.6 Å². The molecule has 6 aliphatic rings. The molecule has 0 aromatic heterocycles. The van der Waals surface area contributed by atoms with Gasteiger partial charge in [0.05, 0.1) is 24.8 Å². The maximum absolute atomic E-state index is 13.7. The highest BCUT2D eigenvalue weighted by molar-refractivity contribution is 7.59. The Kier molecular flexibility index (Phi) is 10.5. The number of likely N-dealkylation sites (tertiary alicyclic amines) is 2. The Hall–Kier alpha value is -2.44. The van der Waals surface area contributed by atoms with Gasteiger partial charge in [-0.15, -0.1) is 0 Å². The van der Waals surface area contributed by atoms with Gasteiger partial charge in [0.1, 0.15) is 34.7 Å². The summed E-state index contributed by atoms with van der Waals surface area (Å²) in [7, 11) is -0.282. The highest BCUT2D eigenvalue weighted by Gasteiger charge is 2.67. The number of ether oxygens (including phenoxy) is 3. The van der Waals surface area contributed by atoms with Crippen molar-refractivity contribution in [3.8, 4) is 5.75 Å². The van der Waals surface area contributed by atoms with Crippen LogP contribution >= 0.6 is 13.5 Å². The molecule has 2 amide bonds. The lowest BCUT2D eigenvalue weighted by Crippen LogP contribution is -2.65. The fourth-order valence-corrected chi connectivity index (χ4v) is 9.12. The Labute approximate surface area is 312 Å². The van der Waals surface area contributed by atoms with Crippen molar-refractivity contribution in [1.82, 2.24) is 9.80 Å². The van der Waals surface area contributed by atoms with E-state index >= 15 is 0 Å². The molecule has 51 heavy (non-hydrogen) atoms. The predicted molar refractivity (Wildman–Crippen MR) is 201 cm³/mol. The molecule has 3 heterocycles. The monoisotopic (exact) mass is 728 g/mol. The number of hydrogen-bond donors (Lipinski definition) is 0. The first kappa shape index (κ1) is 39.8. The molecule has 12 heteroatoms. The van der Waals surface area contributed by atoms with Crippen LogP contribution < -0.4 is 4.74 Å². The normalized spacial score (nSPS) is 29.4. The lowest BCUT2D eigenvalue weighted by Gasteiger charge is -2.64. The van der Waals surface area contributed by atoms with Gasteiger partial charge in [0.15, 0.2) is 0 Å². The number of carbonyl (C=O) groups is 3. The second-order valence-electron chi connectivity index (χ2n) is 19.1. The van der Waals surface area contributed by atoms with Crippen LogP contribution in [0.1, 0.15) is 117 Å². The van der Waals surface area contributed by atoms with E-state index in [-0.39, 0.29) is 55.2 Å². The summed E-state index contributed by atoms with van der Waals surface area (Å²) in [5, 5.41) is 0. The van der Waals surface area contributed by atoms with Crippen molar-refractivity contribution >= 4 is 38.6 Å². The quantitative estimate of drug-likeness (QED) is 0.220. The van der Waals surface area contributed by atoms with Gasteiger partial charge in [0, 0.05) is 6.54 Å². The standard InChI is InChI=1S/C39H59BN2O8.H2S/c1-23-24(15-16-40-49-30-18-25-17-29(38(25,10)11)39(30,12)50-40)13-14-28(31(23)33(44)47-35(2,3)4)46-26-20-41(21-26)32(43)27-19-37(8,9)22-42(27)34(45)48-36(5,6)7;/h13-14,25-27,29-30H,15-22H2,1-12H3;1H2/t25-,27-,29-,30+,39-;/m0./s1. The van der Waals surface area contributed by atoms with Gasteiger partial charge in [-0.1, -0.05) is 33.8 Å². The highest BCUT2D eigenvalue weighted by atomic mass is 32.1. The van der Waals surface area contributed by atoms with Gasteiger partial charge in [0.2, 0.25) is 5.91 Å². The molecule has 3 saturated heterocycles. The maximum atomic E-state index is 13.7. The van der Waals surface area contributed by atoms with Gasteiger partial charge in [-0.3, -0.25) is 9.69 Å². The van der Waals surface area contributed by atoms with Gasteiger partial charge in [-0.25, -0.2) is 9.59 Å². The van der Waals surface area contributed by atoms with E-state index in [4.69, 9.17) is 23.5 Å². The number of rotatable bonds is 7. The zero-order chi connectivity index (χ0) is 36.8. The number of amides is 2. The molecule has 7 rings (SSSR count). The fraction of sp³-hybridized carbons (Fsp3) is 0.769. The number of carbonyl (C=O) groups excluding carboxylic acids is 3. The van der Waals surface area contributed by atoms with E-state index in [0.29, 0.717) is 61.9 Å². The summed E-state index contributed by atoms with van der Waals surface area (Å²) in [6, 6.07) is 3.28. The van der Waals surface area contributed by atoms with Gasteiger partial charge in [-0.2, -0.15) is 13.5 Å². The molecule has 0 spiro atoms. The summed E-state index contributed by atoms with van der Waals surface area (Å²) >= 11 is 0. The summed E-state index contributed by atoms with van der Waals surface area (Å²) in [5.74, 6) is 1.11. The molecule has 5 atom stereocenters. The van der Waals surface area contributed by atoms with E-state index in [0.717, 1.165) is 17.5 Å². The first-order chi connectivity index (χ1) is 23.0. The molecule has 0 unspecified atom stereocenters. The first-order valence-corrected chi connectivity index (χ1v) is 18.6. The smallest absolute Gasteiger partial charge is 0.457 e. The zero-order valence-electron chi connectivity index (χ0n) is 32.9. The molecule has 0 radical (unpaired) electrons. The van der Waals surface area contributed by atoms with E-state index in [1.807, 2.05) is 60.6 Å². The molecule has 10 nitrogen and oxygen atoms in total. The molecule has 3 aliphatic carbocycles.